The van der Waals surface area contributed by atoms with E-state index in [-0.39, 0.29) is 0 Å². The Hall–Kier alpha value is -0.860. The lowest BCUT2D eigenvalue weighted by molar-refractivity contribution is 0.147. The average molecular weight is 275 g/mol. The summed E-state index contributed by atoms with van der Waals surface area (Å²) in [6, 6.07) is 5.42. The van der Waals surface area contributed by atoms with Gasteiger partial charge in [-0.05, 0) is 68.7 Å². The molecular formula is C18H29NO. The molecule has 3 unspecified atom stereocenters. The molecule has 0 amide bonds. The molecule has 2 N–H and O–H groups in total. The van der Waals surface area contributed by atoms with Crippen LogP contribution >= 0.6 is 0 Å². The Balaban J connectivity index is 2.11. The minimum atomic E-state index is 0.316. The molecule has 3 atom stereocenters. The van der Waals surface area contributed by atoms with Crippen LogP contribution in [-0.4, -0.2) is 17.8 Å². The van der Waals surface area contributed by atoms with Gasteiger partial charge in [-0.15, -0.1) is 0 Å². The van der Waals surface area contributed by atoms with Crippen LogP contribution in [0, 0.1) is 26.7 Å². The second kappa shape index (κ2) is 6.73. The molecule has 0 heterocycles. The highest BCUT2D eigenvalue weighted by molar-refractivity contribution is 5.38. The van der Waals surface area contributed by atoms with Gasteiger partial charge < -0.3 is 10.4 Å². The molecule has 2 nitrogen and oxygen atoms in total. The predicted molar refractivity (Wildman–Crippen MR) is 85.0 cm³/mol. The second-order valence-electron chi connectivity index (χ2n) is 6.52. The smallest absolute Gasteiger partial charge is 0.0474 e. The van der Waals surface area contributed by atoms with Crippen LogP contribution in [0.4, 0.5) is 0 Å². The van der Waals surface area contributed by atoms with Gasteiger partial charge in [0.2, 0.25) is 0 Å². The van der Waals surface area contributed by atoms with Crippen molar-refractivity contribution in [1.29, 1.82) is 0 Å². The molecule has 2 heteroatoms. The number of hydrogen-bond donors (Lipinski definition) is 2. The van der Waals surface area contributed by atoms with E-state index in [0.29, 0.717) is 24.6 Å². The molecule has 0 bridgehead atoms. The maximum Gasteiger partial charge on any atom is 0.0474 e. The fourth-order valence-corrected chi connectivity index (χ4v) is 3.51. The Labute approximate surface area is 123 Å². The monoisotopic (exact) mass is 275 g/mol. The first-order chi connectivity index (χ1) is 9.52. The van der Waals surface area contributed by atoms with Gasteiger partial charge in [-0.3, -0.25) is 0 Å². The number of nitrogens with one attached hydrogen (secondary N) is 1. The van der Waals surface area contributed by atoms with E-state index in [9.17, 15) is 5.11 Å². The summed E-state index contributed by atoms with van der Waals surface area (Å²) in [7, 11) is 0. The van der Waals surface area contributed by atoms with E-state index in [1.54, 1.807) is 0 Å². The summed E-state index contributed by atoms with van der Waals surface area (Å²) in [5.74, 6) is 0.429. The summed E-state index contributed by atoms with van der Waals surface area (Å²) in [6.07, 6.45) is 4.90. The van der Waals surface area contributed by atoms with Crippen molar-refractivity contribution in [3.05, 3.63) is 34.4 Å². The second-order valence-corrected chi connectivity index (χ2v) is 6.52. The third kappa shape index (κ3) is 3.42. The number of aliphatic hydroxyl groups is 1. The summed E-state index contributed by atoms with van der Waals surface area (Å²) in [5.41, 5.74) is 5.49. The summed E-state index contributed by atoms with van der Waals surface area (Å²) in [6.45, 7) is 9.12. The molecule has 0 radical (unpaired) electrons. The fraction of sp³-hybridized carbons (Fsp3) is 0.667. The van der Waals surface area contributed by atoms with E-state index in [0.717, 1.165) is 6.42 Å². The summed E-state index contributed by atoms with van der Waals surface area (Å²) < 4.78 is 0. The zero-order valence-electron chi connectivity index (χ0n) is 13.4. The van der Waals surface area contributed by atoms with Crippen molar-refractivity contribution in [3.63, 3.8) is 0 Å². The zero-order valence-corrected chi connectivity index (χ0v) is 13.4. The molecular weight excluding hydrogens is 246 g/mol. The van der Waals surface area contributed by atoms with Gasteiger partial charge in [0, 0.05) is 18.7 Å². The van der Waals surface area contributed by atoms with Crippen LogP contribution in [0.15, 0.2) is 12.1 Å². The lowest BCUT2D eigenvalue weighted by Crippen LogP contribution is -2.41. The minimum Gasteiger partial charge on any atom is -0.396 e. The van der Waals surface area contributed by atoms with E-state index >= 15 is 0 Å². The van der Waals surface area contributed by atoms with Gasteiger partial charge in [-0.25, -0.2) is 0 Å². The third-order valence-corrected chi connectivity index (χ3v) is 4.96. The van der Waals surface area contributed by atoms with E-state index in [1.807, 2.05) is 0 Å². The summed E-state index contributed by atoms with van der Waals surface area (Å²) in [5, 5.41) is 13.3. The van der Waals surface area contributed by atoms with Crippen molar-refractivity contribution in [3.8, 4) is 0 Å². The molecule has 0 saturated heterocycles. The van der Waals surface area contributed by atoms with Crippen LogP contribution in [0.2, 0.25) is 0 Å². The number of aliphatic hydroxyl groups excluding tert-OH is 1. The normalized spacial score (nSPS) is 24.6. The standard InChI is InChI=1S/C18H29NO/c1-12-9-14(3)17(10-13(12)2)15(4)19-18-8-6-5-7-16(18)11-20/h9-10,15-16,18-20H,5-8,11H2,1-4H3. The van der Waals surface area contributed by atoms with E-state index in [2.05, 4.69) is 45.1 Å². The molecule has 1 aliphatic rings. The highest BCUT2D eigenvalue weighted by Crippen LogP contribution is 2.28. The van der Waals surface area contributed by atoms with Crippen molar-refractivity contribution in [2.45, 2.75) is 65.5 Å². The Morgan fingerprint density at radius 1 is 1.10 bits per heavy atom. The molecule has 0 aliphatic heterocycles. The van der Waals surface area contributed by atoms with Gasteiger partial charge in [0.05, 0.1) is 0 Å². The quantitative estimate of drug-likeness (QED) is 0.875. The molecule has 1 aliphatic carbocycles. The SMILES string of the molecule is Cc1cc(C)c(C(C)NC2CCCCC2CO)cc1C. The largest absolute Gasteiger partial charge is 0.396 e. The van der Waals surface area contributed by atoms with Crippen molar-refractivity contribution in [1.82, 2.24) is 5.32 Å². The average Bonchev–Trinajstić information content (AvgIpc) is 2.43. The minimum absolute atomic E-state index is 0.316. The molecule has 2 rings (SSSR count). The van der Waals surface area contributed by atoms with Gasteiger partial charge in [-0.1, -0.05) is 25.0 Å². The zero-order chi connectivity index (χ0) is 14.7. The van der Waals surface area contributed by atoms with Crippen molar-refractivity contribution in [2.24, 2.45) is 5.92 Å². The number of hydrogen-bond acceptors (Lipinski definition) is 2. The van der Waals surface area contributed by atoms with Gasteiger partial charge in [-0.2, -0.15) is 0 Å². The number of aryl methyl sites for hydroxylation is 3. The Kier molecular flexibility index (Phi) is 5.22. The predicted octanol–water partition coefficient (Wildman–Crippen LogP) is 3.81. The van der Waals surface area contributed by atoms with Gasteiger partial charge in [0.15, 0.2) is 0 Å². The van der Waals surface area contributed by atoms with Gasteiger partial charge in [0.25, 0.3) is 0 Å². The third-order valence-electron chi connectivity index (χ3n) is 4.96. The molecule has 1 aromatic rings. The first kappa shape index (κ1) is 15.5. The van der Waals surface area contributed by atoms with Crippen LogP contribution in [0.25, 0.3) is 0 Å². The number of rotatable bonds is 4. The van der Waals surface area contributed by atoms with Crippen molar-refractivity contribution in [2.75, 3.05) is 6.61 Å². The van der Waals surface area contributed by atoms with Crippen LogP contribution in [0.3, 0.4) is 0 Å². The molecule has 0 aromatic heterocycles. The summed E-state index contributed by atoms with van der Waals surface area (Å²) >= 11 is 0. The molecule has 112 valence electrons. The Morgan fingerprint density at radius 3 is 2.45 bits per heavy atom. The molecule has 0 spiro atoms. The highest BCUT2D eigenvalue weighted by atomic mass is 16.3. The van der Waals surface area contributed by atoms with E-state index in [4.69, 9.17) is 0 Å². The molecule has 1 aromatic carbocycles. The Bertz CT molecular complexity index is 455. The lowest BCUT2D eigenvalue weighted by atomic mass is 9.84. The van der Waals surface area contributed by atoms with Crippen LogP contribution in [-0.2, 0) is 0 Å². The Morgan fingerprint density at radius 2 is 1.75 bits per heavy atom. The van der Waals surface area contributed by atoms with Crippen LogP contribution in [0.5, 0.6) is 0 Å². The topological polar surface area (TPSA) is 32.3 Å². The van der Waals surface area contributed by atoms with Crippen LogP contribution in [0.1, 0.15) is 60.9 Å². The van der Waals surface area contributed by atoms with E-state index in [1.165, 1.54) is 41.5 Å². The molecule has 1 saturated carbocycles. The first-order valence-corrected chi connectivity index (χ1v) is 7.97. The maximum absolute atomic E-state index is 9.54. The van der Waals surface area contributed by atoms with Gasteiger partial charge in [0.1, 0.15) is 0 Å². The molecule has 20 heavy (non-hydrogen) atoms. The van der Waals surface area contributed by atoms with Crippen molar-refractivity contribution < 1.29 is 5.11 Å². The highest BCUT2D eigenvalue weighted by Gasteiger charge is 2.26. The molecule has 1 fully saturated rings. The summed E-state index contributed by atoms with van der Waals surface area (Å²) in [4.78, 5) is 0. The van der Waals surface area contributed by atoms with Crippen LogP contribution < -0.4 is 5.32 Å². The van der Waals surface area contributed by atoms with Crippen molar-refractivity contribution >= 4 is 0 Å². The maximum atomic E-state index is 9.54. The first-order valence-electron chi connectivity index (χ1n) is 7.97. The van der Waals surface area contributed by atoms with E-state index < -0.39 is 0 Å². The lowest BCUT2D eigenvalue weighted by Gasteiger charge is -2.34. The fourth-order valence-electron chi connectivity index (χ4n) is 3.51. The number of benzene rings is 1. The van der Waals surface area contributed by atoms with Gasteiger partial charge >= 0.3 is 0 Å².